The molecule has 1 fully saturated rings. The van der Waals surface area contributed by atoms with Gasteiger partial charge in [0.25, 0.3) is 0 Å². The minimum absolute atomic E-state index is 0.000355. The molecule has 162 valence electrons. The molecule has 0 spiro atoms. The second-order valence-electron chi connectivity index (χ2n) is 8.18. The molecular formula is C25H45NO2. The largest absolute Gasteiger partial charge is 0.466 e. The van der Waals surface area contributed by atoms with E-state index in [-0.39, 0.29) is 5.97 Å². The first-order valence-corrected chi connectivity index (χ1v) is 12.0. The molecule has 1 aliphatic heterocycles. The lowest BCUT2D eigenvalue weighted by molar-refractivity contribution is -0.144. The third kappa shape index (κ3) is 15.9. The van der Waals surface area contributed by atoms with Gasteiger partial charge in [-0.25, -0.2) is 0 Å². The van der Waals surface area contributed by atoms with Gasteiger partial charge in [0, 0.05) is 6.42 Å². The van der Waals surface area contributed by atoms with Crippen LogP contribution >= 0.6 is 0 Å². The number of hydrogen-bond acceptors (Lipinski definition) is 3. The second kappa shape index (κ2) is 19.2. The number of rotatable bonds is 17. The smallest absolute Gasteiger partial charge is 0.305 e. The van der Waals surface area contributed by atoms with E-state index in [0.29, 0.717) is 13.0 Å². The van der Waals surface area contributed by atoms with Crippen molar-refractivity contribution in [1.82, 2.24) is 5.32 Å². The van der Waals surface area contributed by atoms with Crippen LogP contribution < -0.4 is 5.32 Å². The van der Waals surface area contributed by atoms with Gasteiger partial charge in [0.1, 0.15) is 0 Å². The second-order valence-corrected chi connectivity index (χ2v) is 8.18. The maximum absolute atomic E-state index is 11.8. The molecule has 0 aromatic heterocycles. The van der Waals surface area contributed by atoms with E-state index in [1.54, 1.807) is 0 Å². The van der Waals surface area contributed by atoms with Crippen molar-refractivity contribution in [2.45, 2.75) is 103 Å². The molecule has 1 N–H and O–H groups in total. The standard InChI is InChI=1S/C25H45NO2/c1-2-3-4-5-6-7-8-9-10-11-12-13-14-15-16-17-25(27)28-23-20-24-18-21-26-22-19-24/h6-7,9-10,24,26H,2-5,8,11-23H2,1H3/b7-6-,10-9-. The predicted octanol–water partition coefficient (Wildman–Crippen LogP) is 6.73. The molecule has 1 saturated heterocycles. The van der Waals surface area contributed by atoms with Crippen LogP contribution in [0.4, 0.5) is 0 Å². The van der Waals surface area contributed by atoms with Crippen LogP contribution in [-0.4, -0.2) is 25.7 Å². The quantitative estimate of drug-likeness (QED) is 0.170. The summed E-state index contributed by atoms with van der Waals surface area (Å²) in [6, 6.07) is 0. The van der Waals surface area contributed by atoms with Crippen molar-refractivity contribution in [2.75, 3.05) is 19.7 Å². The maximum Gasteiger partial charge on any atom is 0.305 e. The van der Waals surface area contributed by atoms with Gasteiger partial charge < -0.3 is 10.1 Å². The molecular weight excluding hydrogens is 346 g/mol. The van der Waals surface area contributed by atoms with Gasteiger partial charge in [0.2, 0.25) is 0 Å². The first-order valence-electron chi connectivity index (χ1n) is 12.0. The summed E-state index contributed by atoms with van der Waals surface area (Å²) in [4.78, 5) is 11.8. The summed E-state index contributed by atoms with van der Waals surface area (Å²) in [5.41, 5.74) is 0. The van der Waals surface area contributed by atoms with Crippen LogP contribution in [0.5, 0.6) is 0 Å². The minimum Gasteiger partial charge on any atom is -0.466 e. The fourth-order valence-corrected chi connectivity index (χ4v) is 3.66. The summed E-state index contributed by atoms with van der Waals surface area (Å²) in [7, 11) is 0. The van der Waals surface area contributed by atoms with E-state index in [2.05, 4.69) is 36.5 Å². The third-order valence-electron chi connectivity index (χ3n) is 5.58. The van der Waals surface area contributed by atoms with Crippen molar-refractivity contribution in [1.29, 1.82) is 0 Å². The van der Waals surface area contributed by atoms with E-state index < -0.39 is 0 Å². The van der Waals surface area contributed by atoms with Gasteiger partial charge in [-0.15, -0.1) is 0 Å². The average molecular weight is 392 g/mol. The van der Waals surface area contributed by atoms with Gasteiger partial charge >= 0.3 is 5.97 Å². The summed E-state index contributed by atoms with van der Waals surface area (Å²) in [6.07, 6.45) is 26.6. The summed E-state index contributed by atoms with van der Waals surface area (Å²) in [5.74, 6) is 0.740. The molecule has 1 heterocycles. The van der Waals surface area contributed by atoms with Crippen molar-refractivity contribution in [2.24, 2.45) is 5.92 Å². The van der Waals surface area contributed by atoms with E-state index in [0.717, 1.165) is 44.7 Å². The van der Waals surface area contributed by atoms with Crippen LogP contribution in [0.1, 0.15) is 103 Å². The number of piperidine rings is 1. The molecule has 3 nitrogen and oxygen atoms in total. The molecule has 1 aliphatic rings. The van der Waals surface area contributed by atoms with Gasteiger partial charge in [0.15, 0.2) is 0 Å². The van der Waals surface area contributed by atoms with E-state index in [1.165, 1.54) is 64.2 Å². The number of carbonyl (C=O) groups excluding carboxylic acids is 1. The van der Waals surface area contributed by atoms with E-state index in [1.807, 2.05) is 0 Å². The summed E-state index contributed by atoms with van der Waals surface area (Å²) in [5, 5.41) is 3.37. The molecule has 0 aliphatic carbocycles. The Hall–Kier alpha value is -1.09. The van der Waals surface area contributed by atoms with Crippen molar-refractivity contribution in [3.05, 3.63) is 24.3 Å². The third-order valence-corrected chi connectivity index (χ3v) is 5.58. The monoisotopic (exact) mass is 391 g/mol. The molecule has 28 heavy (non-hydrogen) atoms. The number of carbonyl (C=O) groups is 1. The van der Waals surface area contributed by atoms with Gasteiger partial charge in [-0.3, -0.25) is 4.79 Å². The molecule has 0 bridgehead atoms. The number of ether oxygens (including phenoxy) is 1. The highest BCUT2D eigenvalue weighted by Gasteiger charge is 2.13. The molecule has 1 rings (SSSR count). The summed E-state index contributed by atoms with van der Waals surface area (Å²) >= 11 is 0. The van der Waals surface area contributed by atoms with Crippen LogP contribution in [0.25, 0.3) is 0 Å². The normalized spacial score (nSPS) is 15.6. The Bertz CT molecular complexity index is 411. The van der Waals surface area contributed by atoms with Gasteiger partial charge in [-0.1, -0.05) is 63.3 Å². The van der Waals surface area contributed by atoms with E-state index >= 15 is 0 Å². The van der Waals surface area contributed by atoms with E-state index in [4.69, 9.17) is 4.74 Å². The van der Waals surface area contributed by atoms with Crippen LogP contribution in [-0.2, 0) is 9.53 Å². The van der Waals surface area contributed by atoms with Gasteiger partial charge in [-0.05, 0) is 76.8 Å². The fraction of sp³-hybridized carbons (Fsp3) is 0.800. The first-order chi connectivity index (χ1) is 13.8. The van der Waals surface area contributed by atoms with Crippen molar-refractivity contribution < 1.29 is 9.53 Å². The van der Waals surface area contributed by atoms with Crippen LogP contribution in [0.2, 0.25) is 0 Å². The van der Waals surface area contributed by atoms with Crippen LogP contribution in [0, 0.1) is 5.92 Å². The van der Waals surface area contributed by atoms with Crippen molar-refractivity contribution in [3.8, 4) is 0 Å². The molecule has 0 aromatic rings. The SMILES string of the molecule is CCCCC/C=C\C/C=C\CCCCCCCC(=O)OCCC1CCNCC1. The van der Waals surface area contributed by atoms with Gasteiger partial charge in [-0.2, -0.15) is 0 Å². The Morgan fingerprint density at radius 1 is 0.893 bits per heavy atom. The lowest BCUT2D eigenvalue weighted by Gasteiger charge is -2.22. The predicted molar refractivity (Wildman–Crippen MR) is 121 cm³/mol. The molecule has 0 aromatic carbocycles. The number of allylic oxidation sites excluding steroid dienone is 4. The average Bonchev–Trinajstić information content (AvgIpc) is 2.71. The maximum atomic E-state index is 11.8. The fourth-order valence-electron chi connectivity index (χ4n) is 3.66. The van der Waals surface area contributed by atoms with Crippen LogP contribution in [0.3, 0.4) is 0 Å². The number of unbranched alkanes of at least 4 members (excludes halogenated alkanes) is 8. The van der Waals surface area contributed by atoms with E-state index in [9.17, 15) is 4.79 Å². The van der Waals surface area contributed by atoms with Crippen molar-refractivity contribution in [3.63, 3.8) is 0 Å². The first kappa shape index (κ1) is 24.9. The molecule has 0 unspecified atom stereocenters. The number of hydrogen-bond donors (Lipinski definition) is 1. The molecule has 0 saturated carbocycles. The Kier molecular flexibility index (Phi) is 17.1. The zero-order valence-corrected chi connectivity index (χ0v) is 18.4. The van der Waals surface area contributed by atoms with Gasteiger partial charge in [0.05, 0.1) is 6.61 Å². The van der Waals surface area contributed by atoms with Crippen molar-refractivity contribution >= 4 is 5.97 Å². The lowest BCUT2D eigenvalue weighted by Crippen LogP contribution is -2.28. The molecule has 0 radical (unpaired) electrons. The Morgan fingerprint density at radius 2 is 1.54 bits per heavy atom. The Morgan fingerprint density at radius 3 is 2.25 bits per heavy atom. The zero-order valence-electron chi connectivity index (χ0n) is 18.4. The zero-order chi connectivity index (χ0) is 20.1. The molecule has 0 amide bonds. The molecule has 0 atom stereocenters. The highest BCUT2D eigenvalue weighted by molar-refractivity contribution is 5.69. The topological polar surface area (TPSA) is 38.3 Å². The van der Waals surface area contributed by atoms with Crippen LogP contribution in [0.15, 0.2) is 24.3 Å². The molecule has 3 heteroatoms. The Balaban J connectivity index is 1.80. The summed E-state index contributed by atoms with van der Waals surface area (Å²) < 4.78 is 5.39. The number of nitrogens with one attached hydrogen (secondary N) is 1. The Labute approximate surface area is 174 Å². The summed E-state index contributed by atoms with van der Waals surface area (Å²) in [6.45, 7) is 5.09. The highest BCUT2D eigenvalue weighted by atomic mass is 16.5. The highest BCUT2D eigenvalue weighted by Crippen LogP contribution is 2.16. The lowest BCUT2D eigenvalue weighted by atomic mass is 9.95. The minimum atomic E-state index is -0.000355. The number of esters is 1.